The highest BCUT2D eigenvalue weighted by Crippen LogP contribution is 2.33. The Labute approximate surface area is 175 Å². The Morgan fingerprint density at radius 1 is 1.13 bits per heavy atom. The smallest absolute Gasteiger partial charge is 0.322 e. The van der Waals surface area contributed by atoms with Crippen LogP contribution in [0.1, 0.15) is 21.5 Å². The highest BCUT2D eigenvalue weighted by Gasteiger charge is 2.22. The predicted octanol–water partition coefficient (Wildman–Crippen LogP) is 2.19. The second-order valence-electron chi connectivity index (χ2n) is 7.00. The minimum Gasteiger partial charge on any atom is -0.480 e. The van der Waals surface area contributed by atoms with Gasteiger partial charge < -0.3 is 20.3 Å². The summed E-state index contributed by atoms with van der Waals surface area (Å²) in [6.45, 7) is 0.738. The molecule has 4 aromatic rings. The fourth-order valence-corrected chi connectivity index (χ4v) is 3.44. The number of aliphatic hydroxyl groups is 1. The SMILES string of the molecule is Cc1ccc(Oc2cccc3c2cc2c(CO)c(C(=O)NCC(=O)O)c(=O)[nH]n23)cc1. The van der Waals surface area contributed by atoms with Gasteiger partial charge in [-0.3, -0.25) is 24.0 Å². The third-order valence-corrected chi connectivity index (χ3v) is 4.89. The van der Waals surface area contributed by atoms with Gasteiger partial charge in [0.2, 0.25) is 0 Å². The number of aromatic nitrogens is 2. The summed E-state index contributed by atoms with van der Waals surface area (Å²) < 4.78 is 7.48. The zero-order chi connectivity index (χ0) is 22.1. The van der Waals surface area contributed by atoms with E-state index in [4.69, 9.17) is 9.84 Å². The molecule has 2 heterocycles. The second-order valence-corrected chi connectivity index (χ2v) is 7.00. The number of nitrogens with one attached hydrogen (secondary N) is 2. The van der Waals surface area contributed by atoms with Crippen LogP contribution in [0.5, 0.6) is 11.5 Å². The average Bonchev–Trinajstić information content (AvgIpc) is 3.12. The van der Waals surface area contributed by atoms with Gasteiger partial charge >= 0.3 is 5.97 Å². The molecule has 2 aromatic carbocycles. The number of nitrogens with zero attached hydrogens (tertiary/aromatic N) is 1. The van der Waals surface area contributed by atoms with Crippen molar-refractivity contribution in [2.24, 2.45) is 0 Å². The van der Waals surface area contributed by atoms with E-state index < -0.39 is 30.6 Å². The van der Waals surface area contributed by atoms with Gasteiger partial charge in [0, 0.05) is 10.9 Å². The Balaban J connectivity index is 1.87. The molecule has 0 atom stereocenters. The first-order chi connectivity index (χ1) is 14.9. The van der Waals surface area contributed by atoms with Gasteiger partial charge in [-0.05, 0) is 37.3 Å². The number of carbonyl (C=O) groups is 2. The number of amides is 1. The van der Waals surface area contributed by atoms with E-state index in [9.17, 15) is 19.5 Å². The van der Waals surface area contributed by atoms with Gasteiger partial charge in [-0.2, -0.15) is 0 Å². The number of hydrogen-bond donors (Lipinski definition) is 4. The highest BCUT2D eigenvalue weighted by molar-refractivity contribution is 6.00. The van der Waals surface area contributed by atoms with Crippen molar-refractivity contribution in [2.75, 3.05) is 6.54 Å². The molecule has 0 radical (unpaired) electrons. The first-order valence-electron chi connectivity index (χ1n) is 9.43. The first kappa shape index (κ1) is 20.2. The van der Waals surface area contributed by atoms with Gasteiger partial charge in [-0.15, -0.1) is 0 Å². The van der Waals surface area contributed by atoms with E-state index in [1.54, 1.807) is 24.3 Å². The number of fused-ring (bicyclic) bond motifs is 3. The summed E-state index contributed by atoms with van der Waals surface area (Å²) in [5, 5.41) is 24.1. The summed E-state index contributed by atoms with van der Waals surface area (Å²) in [6, 6.07) is 14.6. The van der Waals surface area contributed by atoms with E-state index in [0.717, 1.165) is 5.56 Å². The molecule has 0 aliphatic heterocycles. The molecule has 0 unspecified atom stereocenters. The number of aromatic amines is 1. The molecule has 1 amide bonds. The molecule has 9 heteroatoms. The number of hydrogen-bond acceptors (Lipinski definition) is 5. The number of carbonyl (C=O) groups excluding carboxylic acids is 1. The molecule has 0 saturated carbocycles. The normalized spacial score (nSPS) is 11.0. The standard InChI is InChI=1S/C22H19N3O6/c1-12-5-7-13(8-6-12)31-18-4-2-3-16-14(18)9-17-15(11-26)20(22(30)24-25(16)17)21(29)23-10-19(27)28/h2-9,26H,10-11H2,1H3,(H,23,29)(H,24,30)(H,27,28). The molecule has 0 fully saturated rings. The van der Waals surface area contributed by atoms with Crippen molar-refractivity contribution in [3.8, 4) is 11.5 Å². The van der Waals surface area contributed by atoms with Crippen LogP contribution >= 0.6 is 0 Å². The van der Waals surface area contributed by atoms with Crippen LogP contribution < -0.4 is 15.6 Å². The Hall–Kier alpha value is -4.11. The number of carboxylic acid groups (broad SMARTS) is 1. The minimum absolute atomic E-state index is 0.0872. The number of H-pyrrole nitrogens is 1. The summed E-state index contributed by atoms with van der Waals surface area (Å²) in [5.74, 6) is -0.955. The molecule has 0 spiro atoms. The monoisotopic (exact) mass is 421 g/mol. The van der Waals surface area contributed by atoms with Gasteiger partial charge in [0.25, 0.3) is 11.5 Å². The number of ether oxygens (including phenoxy) is 1. The molecule has 0 saturated heterocycles. The third kappa shape index (κ3) is 3.74. The molecule has 0 aliphatic carbocycles. The maximum absolute atomic E-state index is 12.6. The molecule has 4 rings (SSSR count). The summed E-state index contributed by atoms with van der Waals surface area (Å²) in [7, 11) is 0. The van der Waals surface area contributed by atoms with Gasteiger partial charge in [-0.25, -0.2) is 0 Å². The summed E-state index contributed by atoms with van der Waals surface area (Å²) >= 11 is 0. The maximum Gasteiger partial charge on any atom is 0.322 e. The number of aliphatic hydroxyl groups excluding tert-OH is 1. The lowest BCUT2D eigenvalue weighted by Crippen LogP contribution is -2.35. The van der Waals surface area contributed by atoms with E-state index in [2.05, 4.69) is 10.4 Å². The van der Waals surface area contributed by atoms with Gasteiger partial charge in [-0.1, -0.05) is 23.8 Å². The lowest BCUT2D eigenvalue weighted by molar-refractivity contribution is -0.135. The van der Waals surface area contributed by atoms with Crippen LogP contribution in [0.3, 0.4) is 0 Å². The second kappa shape index (κ2) is 7.96. The quantitative estimate of drug-likeness (QED) is 0.377. The molecule has 4 N–H and O–H groups in total. The number of aliphatic carboxylic acids is 1. The van der Waals surface area contributed by atoms with Crippen molar-refractivity contribution in [1.29, 1.82) is 0 Å². The van der Waals surface area contributed by atoms with Crippen molar-refractivity contribution in [1.82, 2.24) is 14.9 Å². The molecule has 158 valence electrons. The fraction of sp³-hybridized carbons (Fsp3) is 0.136. The third-order valence-electron chi connectivity index (χ3n) is 4.89. The lowest BCUT2D eigenvalue weighted by atomic mass is 10.1. The molecule has 0 bridgehead atoms. The number of aryl methyl sites for hydroxylation is 1. The van der Waals surface area contributed by atoms with E-state index in [-0.39, 0.29) is 11.1 Å². The fourth-order valence-electron chi connectivity index (χ4n) is 3.44. The van der Waals surface area contributed by atoms with Gasteiger partial charge in [0.15, 0.2) is 0 Å². The van der Waals surface area contributed by atoms with Gasteiger partial charge in [0.05, 0.1) is 17.6 Å². The van der Waals surface area contributed by atoms with Crippen LogP contribution in [0.2, 0.25) is 0 Å². The molecular weight excluding hydrogens is 402 g/mol. The van der Waals surface area contributed by atoms with E-state index in [0.29, 0.717) is 27.9 Å². The maximum atomic E-state index is 12.6. The van der Waals surface area contributed by atoms with Crippen LogP contribution in [0.15, 0.2) is 53.3 Å². The predicted molar refractivity (Wildman–Crippen MR) is 113 cm³/mol. The highest BCUT2D eigenvalue weighted by atomic mass is 16.5. The number of carboxylic acids is 1. The Bertz CT molecular complexity index is 1370. The molecular formula is C22H19N3O6. The minimum atomic E-state index is -1.25. The number of rotatable bonds is 6. The molecule has 2 aromatic heterocycles. The average molecular weight is 421 g/mol. The van der Waals surface area contributed by atoms with Crippen LogP contribution in [0, 0.1) is 6.92 Å². The van der Waals surface area contributed by atoms with Gasteiger partial charge in [0.1, 0.15) is 23.6 Å². The zero-order valence-electron chi connectivity index (χ0n) is 16.5. The topological polar surface area (TPSA) is 133 Å². The largest absolute Gasteiger partial charge is 0.480 e. The Morgan fingerprint density at radius 2 is 1.87 bits per heavy atom. The molecule has 0 aliphatic rings. The summed E-state index contributed by atoms with van der Waals surface area (Å²) in [5.41, 5.74) is 1.12. The van der Waals surface area contributed by atoms with E-state index in [1.807, 2.05) is 31.2 Å². The van der Waals surface area contributed by atoms with Crippen LogP contribution in [0.25, 0.3) is 16.4 Å². The summed E-state index contributed by atoms with van der Waals surface area (Å²) in [4.78, 5) is 35.8. The van der Waals surface area contributed by atoms with Crippen molar-refractivity contribution in [2.45, 2.75) is 13.5 Å². The van der Waals surface area contributed by atoms with Crippen molar-refractivity contribution in [3.63, 3.8) is 0 Å². The molecule has 9 nitrogen and oxygen atoms in total. The van der Waals surface area contributed by atoms with E-state index >= 15 is 0 Å². The van der Waals surface area contributed by atoms with Crippen LogP contribution in [0.4, 0.5) is 0 Å². The zero-order valence-corrected chi connectivity index (χ0v) is 16.5. The Morgan fingerprint density at radius 3 is 2.55 bits per heavy atom. The van der Waals surface area contributed by atoms with Crippen molar-refractivity contribution in [3.05, 3.63) is 75.6 Å². The van der Waals surface area contributed by atoms with E-state index in [1.165, 1.54) is 4.52 Å². The van der Waals surface area contributed by atoms with Crippen molar-refractivity contribution < 1.29 is 24.5 Å². The lowest BCUT2D eigenvalue weighted by Gasteiger charge is -2.09. The van der Waals surface area contributed by atoms with Crippen molar-refractivity contribution >= 4 is 28.3 Å². The Kier molecular flexibility index (Phi) is 5.18. The molecule has 31 heavy (non-hydrogen) atoms. The van der Waals surface area contributed by atoms with Crippen LogP contribution in [-0.2, 0) is 11.4 Å². The summed E-state index contributed by atoms with van der Waals surface area (Å²) in [6.07, 6.45) is 0. The first-order valence-corrected chi connectivity index (χ1v) is 9.43. The number of benzene rings is 2. The van der Waals surface area contributed by atoms with Crippen LogP contribution in [-0.4, -0.2) is 38.2 Å².